The van der Waals surface area contributed by atoms with E-state index in [1.165, 1.54) is 24.5 Å². The SMILES string of the molecule is CCOc1ccc(F)c(C(Nc2ccc(C(=N)N)cc2)c2nn(-c3ncccn3)c(=O)[nH]2)c1. The van der Waals surface area contributed by atoms with Gasteiger partial charge in [-0.25, -0.2) is 19.2 Å². The van der Waals surface area contributed by atoms with Crippen LogP contribution in [0.25, 0.3) is 5.95 Å². The van der Waals surface area contributed by atoms with Crippen LogP contribution in [0, 0.1) is 11.2 Å². The number of amidine groups is 1. The van der Waals surface area contributed by atoms with Crippen molar-refractivity contribution in [3.63, 3.8) is 0 Å². The lowest BCUT2D eigenvalue weighted by Crippen LogP contribution is -2.18. The Bertz CT molecular complexity index is 1320. The molecule has 0 spiro atoms. The van der Waals surface area contributed by atoms with Gasteiger partial charge in [-0.05, 0) is 55.5 Å². The molecule has 168 valence electrons. The fourth-order valence-corrected chi connectivity index (χ4v) is 3.21. The molecule has 0 aliphatic heterocycles. The Labute approximate surface area is 187 Å². The molecule has 1 atom stereocenters. The number of halogens is 1. The molecule has 0 radical (unpaired) electrons. The zero-order chi connectivity index (χ0) is 23.4. The molecule has 4 rings (SSSR count). The molecule has 1 unspecified atom stereocenters. The minimum atomic E-state index is -0.883. The number of nitrogens with zero attached hydrogens (tertiary/aromatic N) is 4. The molecule has 0 bridgehead atoms. The molecule has 5 N–H and O–H groups in total. The van der Waals surface area contributed by atoms with Crippen LogP contribution in [0.15, 0.2) is 65.7 Å². The van der Waals surface area contributed by atoms with Crippen molar-refractivity contribution in [2.75, 3.05) is 11.9 Å². The van der Waals surface area contributed by atoms with Crippen LogP contribution in [0.2, 0.25) is 0 Å². The lowest BCUT2D eigenvalue weighted by atomic mass is 10.0. The predicted molar refractivity (Wildman–Crippen MR) is 120 cm³/mol. The van der Waals surface area contributed by atoms with Gasteiger partial charge in [-0.15, -0.1) is 9.78 Å². The van der Waals surface area contributed by atoms with E-state index in [1.54, 1.807) is 36.4 Å². The smallest absolute Gasteiger partial charge is 0.350 e. The van der Waals surface area contributed by atoms with Crippen LogP contribution in [0.1, 0.15) is 29.9 Å². The summed E-state index contributed by atoms with van der Waals surface area (Å²) >= 11 is 0. The zero-order valence-corrected chi connectivity index (χ0v) is 17.6. The summed E-state index contributed by atoms with van der Waals surface area (Å²) in [5.41, 5.74) is 6.30. The first-order chi connectivity index (χ1) is 16.0. The van der Waals surface area contributed by atoms with Gasteiger partial charge in [0.2, 0.25) is 0 Å². The molecule has 2 heterocycles. The van der Waals surface area contributed by atoms with Crippen LogP contribution < -0.4 is 21.5 Å². The standard InChI is InChI=1S/C22H21FN8O2/c1-2-33-15-8-9-17(23)16(12-15)18(28-14-6-4-13(5-7-14)19(24)25)20-29-22(32)31(30-20)21-26-10-3-11-27-21/h3-12,18,28H,2H2,1H3,(H3,24,25)(H,29,30,32). The maximum Gasteiger partial charge on any atom is 0.350 e. The summed E-state index contributed by atoms with van der Waals surface area (Å²) in [7, 11) is 0. The summed E-state index contributed by atoms with van der Waals surface area (Å²) in [5.74, 6) is 0.122. The third kappa shape index (κ3) is 4.71. The van der Waals surface area contributed by atoms with Crippen LogP contribution in [-0.2, 0) is 0 Å². The summed E-state index contributed by atoms with van der Waals surface area (Å²) in [6.07, 6.45) is 2.97. The van der Waals surface area contributed by atoms with Crippen molar-refractivity contribution < 1.29 is 9.13 Å². The number of hydrogen-bond donors (Lipinski definition) is 4. The fourth-order valence-electron chi connectivity index (χ4n) is 3.21. The first-order valence-electron chi connectivity index (χ1n) is 10.1. The highest BCUT2D eigenvalue weighted by molar-refractivity contribution is 5.95. The molecule has 4 aromatic rings. The van der Waals surface area contributed by atoms with Crippen LogP contribution in [0.5, 0.6) is 5.75 Å². The van der Waals surface area contributed by atoms with Gasteiger partial charge in [0.15, 0.2) is 5.82 Å². The molecule has 2 aromatic heterocycles. The van der Waals surface area contributed by atoms with E-state index in [9.17, 15) is 9.18 Å². The minimum Gasteiger partial charge on any atom is -0.494 e. The van der Waals surface area contributed by atoms with Gasteiger partial charge in [0.1, 0.15) is 23.4 Å². The number of nitrogens with two attached hydrogens (primary N) is 1. The maximum atomic E-state index is 15.0. The van der Waals surface area contributed by atoms with E-state index in [4.69, 9.17) is 15.9 Å². The van der Waals surface area contributed by atoms with E-state index in [-0.39, 0.29) is 23.2 Å². The van der Waals surface area contributed by atoms with Crippen molar-refractivity contribution in [1.29, 1.82) is 5.41 Å². The molecule has 0 fully saturated rings. The molecule has 0 saturated heterocycles. The zero-order valence-electron chi connectivity index (χ0n) is 17.6. The second-order valence-corrected chi connectivity index (χ2v) is 6.96. The molecule has 11 heteroatoms. The van der Waals surface area contributed by atoms with Gasteiger partial charge in [-0.2, -0.15) is 0 Å². The fraction of sp³-hybridized carbons (Fsp3) is 0.136. The van der Waals surface area contributed by atoms with Crippen molar-refractivity contribution in [2.45, 2.75) is 13.0 Å². The van der Waals surface area contributed by atoms with Crippen LogP contribution >= 0.6 is 0 Å². The summed E-state index contributed by atoms with van der Waals surface area (Å²) in [6.45, 7) is 2.24. The van der Waals surface area contributed by atoms with E-state index in [0.717, 1.165) is 4.68 Å². The number of benzene rings is 2. The number of rotatable bonds is 8. The van der Waals surface area contributed by atoms with E-state index in [1.807, 2.05) is 6.92 Å². The van der Waals surface area contributed by atoms with Gasteiger partial charge in [-0.1, -0.05) is 0 Å². The van der Waals surface area contributed by atoms with Crippen LogP contribution in [0.3, 0.4) is 0 Å². The molecule has 0 saturated carbocycles. The van der Waals surface area contributed by atoms with Crippen LogP contribution in [0.4, 0.5) is 10.1 Å². The third-order valence-electron chi connectivity index (χ3n) is 4.75. The Balaban J connectivity index is 1.79. The Morgan fingerprint density at radius 3 is 2.64 bits per heavy atom. The van der Waals surface area contributed by atoms with E-state index < -0.39 is 17.5 Å². The quantitative estimate of drug-likeness (QED) is 0.239. The number of nitrogen functional groups attached to an aromatic ring is 1. The molecule has 33 heavy (non-hydrogen) atoms. The predicted octanol–water partition coefficient (Wildman–Crippen LogP) is 2.37. The summed E-state index contributed by atoms with van der Waals surface area (Å²) in [5, 5.41) is 15.0. The molecule has 10 nitrogen and oxygen atoms in total. The number of ether oxygens (including phenoxy) is 1. The Hall–Kier alpha value is -4.54. The van der Waals surface area contributed by atoms with Crippen molar-refractivity contribution in [1.82, 2.24) is 24.7 Å². The second kappa shape index (κ2) is 9.30. The highest BCUT2D eigenvalue weighted by atomic mass is 19.1. The van der Waals surface area contributed by atoms with Gasteiger partial charge < -0.3 is 15.8 Å². The van der Waals surface area contributed by atoms with Gasteiger partial charge in [0.25, 0.3) is 5.95 Å². The largest absolute Gasteiger partial charge is 0.494 e. The number of aromatic nitrogens is 5. The van der Waals surface area contributed by atoms with Gasteiger partial charge in [0, 0.05) is 29.2 Å². The highest BCUT2D eigenvalue weighted by Gasteiger charge is 2.24. The average Bonchev–Trinajstić information content (AvgIpc) is 3.21. The highest BCUT2D eigenvalue weighted by Crippen LogP contribution is 2.29. The second-order valence-electron chi connectivity index (χ2n) is 6.96. The molecular weight excluding hydrogens is 427 g/mol. The van der Waals surface area contributed by atoms with Crippen molar-refractivity contribution in [2.24, 2.45) is 5.73 Å². The maximum absolute atomic E-state index is 15.0. The third-order valence-corrected chi connectivity index (χ3v) is 4.75. The first-order valence-corrected chi connectivity index (χ1v) is 10.1. The van der Waals surface area contributed by atoms with Crippen molar-refractivity contribution >= 4 is 11.5 Å². The van der Waals surface area contributed by atoms with E-state index >= 15 is 0 Å². The molecule has 0 aliphatic carbocycles. The van der Waals surface area contributed by atoms with Gasteiger partial charge in [0.05, 0.1) is 6.61 Å². The minimum absolute atomic E-state index is 0.0699. The summed E-state index contributed by atoms with van der Waals surface area (Å²) < 4.78 is 21.5. The number of H-pyrrole nitrogens is 1. The lowest BCUT2D eigenvalue weighted by Gasteiger charge is -2.20. The molecule has 0 amide bonds. The lowest BCUT2D eigenvalue weighted by molar-refractivity contribution is 0.339. The average molecular weight is 448 g/mol. The van der Waals surface area contributed by atoms with Gasteiger partial charge in [-0.3, -0.25) is 10.4 Å². The van der Waals surface area contributed by atoms with Crippen molar-refractivity contribution in [3.8, 4) is 11.7 Å². The molecular formula is C22H21FN8O2. The Morgan fingerprint density at radius 2 is 1.97 bits per heavy atom. The van der Waals surface area contributed by atoms with Crippen LogP contribution in [-0.4, -0.2) is 37.2 Å². The van der Waals surface area contributed by atoms with E-state index in [2.05, 4.69) is 25.4 Å². The van der Waals surface area contributed by atoms with E-state index in [0.29, 0.717) is 23.6 Å². The summed E-state index contributed by atoms with van der Waals surface area (Å²) in [4.78, 5) is 23.3. The normalized spacial score (nSPS) is 11.7. The number of anilines is 1. The molecule has 2 aromatic carbocycles. The topological polar surface area (TPSA) is 148 Å². The monoisotopic (exact) mass is 448 g/mol. The summed E-state index contributed by atoms with van der Waals surface area (Å²) in [6, 6.07) is 11.8. The number of nitrogens with one attached hydrogen (secondary N) is 3. The molecule has 0 aliphatic rings. The number of aromatic amines is 1. The Morgan fingerprint density at radius 1 is 1.24 bits per heavy atom. The Kier molecular flexibility index (Phi) is 6.11. The van der Waals surface area contributed by atoms with Gasteiger partial charge >= 0.3 is 5.69 Å². The van der Waals surface area contributed by atoms with Crippen molar-refractivity contribution in [3.05, 3.63) is 94.2 Å². The number of hydrogen-bond acceptors (Lipinski definition) is 7. The first kappa shape index (κ1) is 21.7.